The van der Waals surface area contributed by atoms with Crippen LogP contribution >= 0.6 is 0 Å². The molecule has 1 unspecified atom stereocenters. The van der Waals surface area contributed by atoms with Gasteiger partial charge in [-0.05, 0) is 29.7 Å². The van der Waals surface area contributed by atoms with Gasteiger partial charge in [-0.1, -0.05) is 13.0 Å². The van der Waals surface area contributed by atoms with Crippen LogP contribution in [0.25, 0.3) is 0 Å². The van der Waals surface area contributed by atoms with Crippen molar-refractivity contribution >= 4 is 0 Å². The molecule has 1 aliphatic rings. The van der Waals surface area contributed by atoms with Gasteiger partial charge in [-0.15, -0.1) is 0 Å². The Balaban J connectivity index is 1.75. The molecule has 1 aromatic heterocycles. The van der Waals surface area contributed by atoms with Crippen LogP contribution in [0.15, 0.2) is 24.5 Å². The molecule has 106 valence electrons. The topological polar surface area (TPSA) is 60.2 Å². The minimum absolute atomic E-state index is 0.486. The highest BCUT2D eigenvalue weighted by molar-refractivity contribution is 5.40. The molecule has 0 amide bonds. The summed E-state index contributed by atoms with van der Waals surface area (Å²) in [7, 11) is 0. The third kappa shape index (κ3) is 2.54. The Hall–Kier alpha value is -1.88. The molecule has 0 bridgehead atoms. The van der Waals surface area contributed by atoms with E-state index >= 15 is 0 Å². The first-order valence-electron chi connectivity index (χ1n) is 7.08. The summed E-state index contributed by atoms with van der Waals surface area (Å²) >= 11 is 0. The minimum atomic E-state index is -0.555. The number of ether oxygens (including phenoxy) is 1. The predicted molar refractivity (Wildman–Crippen MR) is 74.6 cm³/mol. The number of aliphatic hydroxyl groups excluding tert-OH is 1. The average Bonchev–Trinajstić information content (AvgIpc) is 3.07. The fourth-order valence-corrected chi connectivity index (χ4v) is 2.55. The number of hydrogen-bond donors (Lipinski definition) is 1. The van der Waals surface area contributed by atoms with Crippen molar-refractivity contribution in [3.05, 3.63) is 41.5 Å². The number of nitrogens with zero attached hydrogens (tertiary/aromatic N) is 3. The van der Waals surface area contributed by atoms with Crippen LogP contribution in [0.4, 0.5) is 0 Å². The van der Waals surface area contributed by atoms with Gasteiger partial charge in [0, 0.05) is 19.4 Å². The highest BCUT2D eigenvalue weighted by Crippen LogP contribution is 2.29. The summed E-state index contributed by atoms with van der Waals surface area (Å²) < 4.78 is 7.34. The summed E-state index contributed by atoms with van der Waals surface area (Å²) in [6, 6.07) is 5.90. The standard InChI is InChI=1S/C15H19N3O2/c1-2-6-18-15(16-10-17-18)9-13(19)11-3-4-14-12(8-11)5-7-20-14/h3-4,8,10,13,19H,2,5-7,9H2,1H3. The molecular weight excluding hydrogens is 254 g/mol. The second kappa shape index (κ2) is 5.63. The number of aromatic nitrogens is 3. The van der Waals surface area contributed by atoms with Gasteiger partial charge in [-0.2, -0.15) is 5.10 Å². The van der Waals surface area contributed by atoms with Gasteiger partial charge in [0.25, 0.3) is 0 Å². The van der Waals surface area contributed by atoms with Crippen molar-refractivity contribution in [1.29, 1.82) is 0 Å². The van der Waals surface area contributed by atoms with Gasteiger partial charge in [0.05, 0.1) is 12.7 Å². The maximum atomic E-state index is 10.4. The molecule has 0 radical (unpaired) electrons. The number of benzene rings is 1. The first-order valence-corrected chi connectivity index (χ1v) is 7.08. The van der Waals surface area contributed by atoms with E-state index < -0.39 is 6.10 Å². The molecule has 0 fully saturated rings. The van der Waals surface area contributed by atoms with Gasteiger partial charge < -0.3 is 9.84 Å². The smallest absolute Gasteiger partial charge is 0.138 e. The van der Waals surface area contributed by atoms with Crippen LogP contribution in [0.5, 0.6) is 5.75 Å². The summed E-state index contributed by atoms with van der Waals surface area (Å²) in [6.07, 6.45) is 3.40. The lowest BCUT2D eigenvalue weighted by molar-refractivity contribution is 0.174. The van der Waals surface area contributed by atoms with Crippen LogP contribution < -0.4 is 4.74 Å². The van der Waals surface area contributed by atoms with E-state index in [4.69, 9.17) is 4.74 Å². The lowest BCUT2D eigenvalue weighted by Gasteiger charge is -2.12. The zero-order chi connectivity index (χ0) is 13.9. The monoisotopic (exact) mass is 273 g/mol. The highest BCUT2D eigenvalue weighted by atomic mass is 16.5. The Labute approximate surface area is 118 Å². The second-order valence-electron chi connectivity index (χ2n) is 5.08. The second-order valence-corrected chi connectivity index (χ2v) is 5.08. The van der Waals surface area contributed by atoms with E-state index in [2.05, 4.69) is 17.0 Å². The Morgan fingerprint density at radius 3 is 3.20 bits per heavy atom. The van der Waals surface area contributed by atoms with E-state index in [9.17, 15) is 5.11 Å². The summed E-state index contributed by atoms with van der Waals surface area (Å²) in [4.78, 5) is 4.24. The van der Waals surface area contributed by atoms with Gasteiger partial charge in [0.1, 0.15) is 17.9 Å². The minimum Gasteiger partial charge on any atom is -0.493 e. The van der Waals surface area contributed by atoms with Gasteiger partial charge in [-0.3, -0.25) is 4.68 Å². The molecule has 20 heavy (non-hydrogen) atoms. The Kier molecular flexibility index (Phi) is 3.69. The summed E-state index contributed by atoms with van der Waals surface area (Å²) in [6.45, 7) is 3.67. The van der Waals surface area contributed by atoms with Crippen LogP contribution in [0.1, 0.15) is 36.4 Å². The number of aliphatic hydroxyl groups is 1. The van der Waals surface area contributed by atoms with Gasteiger partial charge in [0.15, 0.2) is 0 Å². The lowest BCUT2D eigenvalue weighted by atomic mass is 10.0. The van der Waals surface area contributed by atoms with Crippen molar-refractivity contribution in [3.8, 4) is 5.75 Å². The van der Waals surface area contributed by atoms with Crippen molar-refractivity contribution in [1.82, 2.24) is 14.8 Å². The van der Waals surface area contributed by atoms with E-state index in [0.717, 1.165) is 43.1 Å². The van der Waals surface area contributed by atoms with Crippen LogP contribution in [-0.2, 0) is 19.4 Å². The van der Waals surface area contributed by atoms with Gasteiger partial charge >= 0.3 is 0 Å². The van der Waals surface area contributed by atoms with Crippen LogP contribution in [-0.4, -0.2) is 26.5 Å². The molecule has 0 saturated heterocycles. The molecule has 0 aliphatic carbocycles. The third-order valence-corrected chi connectivity index (χ3v) is 3.61. The summed E-state index contributed by atoms with van der Waals surface area (Å²) in [5, 5.41) is 14.6. The molecule has 3 rings (SSSR count). The largest absolute Gasteiger partial charge is 0.493 e. The Bertz CT molecular complexity index is 595. The molecule has 1 N–H and O–H groups in total. The average molecular weight is 273 g/mol. The van der Waals surface area contributed by atoms with E-state index in [-0.39, 0.29) is 0 Å². The number of rotatable bonds is 5. The van der Waals surface area contributed by atoms with Crippen LogP contribution in [0.3, 0.4) is 0 Å². The molecule has 0 spiro atoms. The number of aryl methyl sites for hydroxylation is 1. The first-order chi connectivity index (χ1) is 9.78. The fourth-order valence-electron chi connectivity index (χ4n) is 2.55. The zero-order valence-electron chi connectivity index (χ0n) is 11.6. The predicted octanol–water partition coefficient (Wildman–Crippen LogP) is 1.90. The highest BCUT2D eigenvalue weighted by Gasteiger charge is 2.17. The molecule has 5 heteroatoms. The van der Waals surface area contributed by atoms with Crippen molar-refractivity contribution in [2.45, 2.75) is 38.8 Å². The van der Waals surface area contributed by atoms with E-state index in [1.165, 1.54) is 5.56 Å². The number of fused-ring (bicyclic) bond motifs is 1. The quantitative estimate of drug-likeness (QED) is 0.904. The molecular formula is C15H19N3O2. The summed E-state index contributed by atoms with van der Waals surface area (Å²) in [5.41, 5.74) is 2.09. The Morgan fingerprint density at radius 1 is 1.45 bits per heavy atom. The fraction of sp³-hybridized carbons (Fsp3) is 0.467. The van der Waals surface area contributed by atoms with Crippen molar-refractivity contribution in [2.24, 2.45) is 0 Å². The molecule has 5 nitrogen and oxygen atoms in total. The maximum absolute atomic E-state index is 10.4. The van der Waals surface area contributed by atoms with Crippen molar-refractivity contribution in [3.63, 3.8) is 0 Å². The van der Waals surface area contributed by atoms with Gasteiger partial charge in [0.2, 0.25) is 0 Å². The lowest BCUT2D eigenvalue weighted by Crippen LogP contribution is -2.10. The SMILES string of the molecule is CCCn1ncnc1CC(O)c1ccc2c(c1)CCO2. The van der Waals surface area contributed by atoms with Crippen molar-refractivity contribution in [2.75, 3.05) is 6.61 Å². The van der Waals surface area contributed by atoms with Crippen LogP contribution in [0.2, 0.25) is 0 Å². The van der Waals surface area contributed by atoms with E-state index in [1.54, 1.807) is 6.33 Å². The Morgan fingerprint density at radius 2 is 2.35 bits per heavy atom. The van der Waals surface area contributed by atoms with Crippen molar-refractivity contribution < 1.29 is 9.84 Å². The zero-order valence-corrected chi connectivity index (χ0v) is 11.6. The number of hydrogen-bond acceptors (Lipinski definition) is 4. The van der Waals surface area contributed by atoms with Crippen LogP contribution in [0, 0.1) is 0 Å². The molecule has 1 atom stereocenters. The van der Waals surface area contributed by atoms with E-state index in [0.29, 0.717) is 6.42 Å². The molecule has 1 aliphatic heterocycles. The molecule has 0 saturated carbocycles. The normalized spacial score (nSPS) is 14.9. The first kappa shape index (κ1) is 13.1. The molecule has 1 aromatic carbocycles. The van der Waals surface area contributed by atoms with E-state index in [1.807, 2.05) is 22.9 Å². The third-order valence-electron chi connectivity index (χ3n) is 3.61. The summed E-state index contributed by atoms with van der Waals surface area (Å²) in [5.74, 6) is 1.77. The molecule has 2 aromatic rings. The molecule has 2 heterocycles. The maximum Gasteiger partial charge on any atom is 0.138 e. The van der Waals surface area contributed by atoms with Gasteiger partial charge in [-0.25, -0.2) is 4.98 Å².